The van der Waals surface area contributed by atoms with Crippen molar-refractivity contribution in [3.8, 4) is 5.75 Å². The molecule has 1 saturated carbocycles. The summed E-state index contributed by atoms with van der Waals surface area (Å²) in [5.41, 5.74) is 1.72. The fourth-order valence-corrected chi connectivity index (χ4v) is 2.46. The first-order valence-electron chi connectivity index (χ1n) is 5.46. The van der Waals surface area contributed by atoms with Crippen LogP contribution in [0.1, 0.15) is 19.3 Å². The normalized spacial score (nSPS) is 16.6. The molecular weight excluding hydrogens is 270 g/mol. The molecule has 0 amide bonds. The van der Waals surface area contributed by atoms with E-state index in [9.17, 15) is 5.11 Å². The molecule has 1 heterocycles. The minimum Gasteiger partial charge on any atom is -0.507 e. The first kappa shape index (κ1) is 10.1. The van der Waals surface area contributed by atoms with E-state index in [1.54, 1.807) is 6.07 Å². The van der Waals surface area contributed by atoms with Gasteiger partial charge in [0.05, 0.1) is 9.99 Å². The Morgan fingerprint density at radius 1 is 1.44 bits per heavy atom. The van der Waals surface area contributed by atoms with E-state index in [1.807, 2.05) is 10.7 Å². The zero-order valence-corrected chi connectivity index (χ0v) is 10.3. The molecule has 1 aliphatic rings. The summed E-state index contributed by atoms with van der Waals surface area (Å²) in [5, 5.41) is 17.8. The number of nitrogens with zero attached hydrogens (tertiary/aromatic N) is 3. The first-order chi connectivity index (χ1) is 7.75. The number of aromatic nitrogens is 3. The summed E-state index contributed by atoms with van der Waals surface area (Å²) in [5.74, 6) is 0.959. The van der Waals surface area contributed by atoms with Crippen LogP contribution < -0.4 is 0 Å². The predicted molar refractivity (Wildman–Crippen MR) is 64.2 cm³/mol. The summed E-state index contributed by atoms with van der Waals surface area (Å²) in [7, 11) is 0. The summed E-state index contributed by atoms with van der Waals surface area (Å²) in [6.45, 7) is 0.938. The topological polar surface area (TPSA) is 50.9 Å². The zero-order valence-electron chi connectivity index (χ0n) is 8.73. The number of phenols is 1. The van der Waals surface area contributed by atoms with Gasteiger partial charge >= 0.3 is 0 Å². The Balaban J connectivity index is 2.02. The lowest BCUT2D eigenvalue weighted by Gasteiger charge is -2.24. The van der Waals surface area contributed by atoms with E-state index in [1.165, 1.54) is 19.3 Å². The van der Waals surface area contributed by atoms with Crippen LogP contribution in [-0.2, 0) is 6.54 Å². The highest BCUT2D eigenvalue weighted by Crippen LogP contribution is 2.32. The molecule has 0 unspecified atom stereocenters. The molecule has 0 aliphatic heterocycles. The van der Waals surface area contributed by atoms with Crippen LogP contribution >= 0.6 is 15.9 Å². The molecule has 2 aromatic rings. The lowest BCUT2D eigenvalue weighted by Crippen LogP contribution is -2.18. The van der Waals surface area contributed by atoms with Gasteiger partial charge in [-0.3, -0.25) is 0 Å². The first-order valence-corrected chi connectivity index (χ1v) is 6.25. The molecule has 1 aromatic carbocycles. The second kappa shape index (κ2) is 3.73. The molecule has 4 nitrogen and oxygen atoms in total. The molecule has 1 N–H and O–H groups in total. The molecule has 1 aliphatic carbocycles. The van der Waals surface area contributed by atoms with E-state index < -0.39 is 0 Å². The molecule has 5 heteroatoms. The van der Waals surface area contributed by atoms with Crippen molar-refractivity contribution in [2.24, 2.45) is 5.92 Å². The van der Waals surface area contributed by atoms with Gasteiger partial charge in [-0.15, -0.1) is 5.10 Å². The van der Waals surface area contributed by atoms with Gasteiger partial charge < -0.3 is 5.11 Å². The third-order valence-corrected chi connectivity index (χ3v) is 4.04. The quantitative estimate of drug-likeness (QED) is 0.921. The van der Waals surface area contributed by atoms with Gasteiger partial charge in [0.15, 0.2) is 0 Å². The number of halogens is 1. The predicted octanol–water partition coefficient (Wildman–Crippen LogP) is 2.70. The molecule has 0 atom stereocenters. The van der Waals surface area contributed by atoms with E-state index in [-0.39, 0.29) is 5.75 Å². The minimum absolute atomic E-state index is 0.211. The van der Waals surface area contributed by atoms with Gasteiger partial charge in [-0.05, 0) is 46.8 Å². The fraction of sp³-hybridized carbons (Fsp3) is 0.455. The highest BCUT2D eigenvalue weighted by Gasteiger charge is 2.20. The van der Waals surface area contributed by atoms with Crippen LogP contribution in [0.15, 0.2) is 16.6 Å². The average molecular weight is 282 g/mol. The van der Waals surface area contributed by atoms with Gasteiger partial charge in [0.2, 0.25) is 0 Å². The Bertz CT molecular complexity index is 533. The second-order valence-electron chi connectivity index (χ2n) is 4.33. The smallest absolute Gasteiger partial charge is 0.132 e. The summed E-state index contributed by atoms with van der Waals surface area (Å²) in [6.07, 6.45) is 3.92. The maximum atomic E-state index is 9.54. The maximum Gasteiger partial charge on any atom is 0.132 e. The van der Waals surface area contributed by atoms with Crippen LogP contribution in [0, 0.1) is 5.92 Å². The number of phenolic OH excluding ortho intramolecular Hbond substituents is 1. The molecule has 0 radical (unpaired) electrons. The molecule has 0 saturated heterocycles. The van der Waals surface area contributed by atoms with Crippen molar-refractivity contribution >= 4 is 27.0 Å². The van der Waals surface area contributed by atoms with Crippen LogP contribution in [0.5, 0.6) is 5.75 Å². The van der Waals surface area contributed by atoms with E-state index >= 15 is 0 Å². The van der Waals surface area contributed by atoms with Gasteiger partial charge in [0.1, 0.15) is 11.3 Å². The molecule has 0 spiro atoms. The van der Waals surface area contributed by atoms with Gasteiger partial charge in [-0.25, -0.2) is 4.68 Å². The summed E-state index contributed by atoms with van der Waals surface area (Å²) >= 11 is 3.33. The maximum absolute atomic E-state index is 9.54. The number of benzene rings is 1. The van der Waals surface area contributed by atoms with Crippen LogP contribution in [0.25, 0.3) is 11.0 Å². The Morgan fingerprint density at radius 3 is 2.94 bits per heavy atom. The van der Waals surface area contributed by atoms with Gasteiger partial charge in [0, 0.05) is 6.54 Å². The number of hydrogen-bond acceptors (Lipinski definition) is 3. The third-order valence-electron chi connectivity index (χ3n) is 3.26. The van der Waals surface area contributed by atoms with Gasteiger partial charge in [-0.1, -0.05) is 11.6 Å². The Hall–Kier alpha value is -1.10. The van der Waals surface area contributed by atoms with Crippen molar-refractivity contribution < 1.29 is 5.11 Å². The molecule has 1 fully saturated rings. The van der Waals surface area contributed by atoms with Crippen molar-refractivity contribution in [1.82, 2.24) is 15.0 Å². The Labute approximate surface area is 101 Å². The highest BCUT2D eigenvalue weighted by atomic mass is 79.9. The summed E-state index contributed by atoms with van der Waals surface area (Å²) in [4.78, 5) is 0. The molecule has 84 valence electrons. The molecule has 0 bridgehead atoms. The number of aromatic hydroxyl groups is 1. The van der Waals surface area contributed by atoms with Crippen LogP contribution in [0.2, 0.25) is 0 Å². The second-order valence-corrected chi connectivity index (χ2v) is 5.13. The van der Waals surface area contributed by atoms with E-state index in [0.717, 1.165) is 23.5 Å². The van der Waals surface area contributed by atoms with Crippen LogP contribution in [0.4, 0.5) is 0 Å². The molecular formula is C11H12BrN3O. The van der Waals surface area contributed by atoms with E-state index in [2.05, 4.69) is 26.2 Å². The Morgan fingerprint density at radius 2 is 2.25 bits per heavy atom. The molecule has 1 aromatic heterocycles. The monoisotopic (exact) mass is 281 g/mol. The van der Waals surface area contributed by atoms with Gasteiger partial charge in [0.25, 0.3) is 0 Å². The lowest BCUT2D eigenvalue weighted by atomic mass is 9.85. The van der Waals surface area contributed by atoms with E-state index in [0.29, 0.717) is 4.47 Å². The highest BCUT2D eigenvalue weighted by molar-refractivity contribution is 9.10. The van der Waals surface area contributed by atoms with Crippen LogP contribution in [0.3, 0.4) is 0 Å². The van der Waals surface area contributed by atoms with E-state index in [4.69, 9.17) is 0 Å². The average Bonchev–Trinajstić information content (AvgIpc) is 2.61. The van der Waals surface area contributed by atoms with Crippen molar-refractivity contribution in [3.63, 3.8) is 0 Å². The number of hydrogen-bond donors (Lipinski definition) is 1. The summed E-state index contributed by atoms with van der Waals surface area (Å²) in [6, 6.07) is 3.54. The third kappa shape index (κ3) is 1.50. The number of rotatable bonds is 2. The standard InChI is InChI=1S/C11H12BrN3O/c12-10-9(16)5-4-8-11(10)13-14-15(8)6-7-2-1-3-7/h4-5,7,16H,1-3,6H2. The summed E-state index contributed by atoms with van der Waals surface area (Å²) < 4.78 is 2.56. The van der Waals surface area contributed by atoms with Gasteiger partial charge in [-0.2, -0.15) is 0 Å². The molecule has 16 heavy (non-hydrogen) atoms. The van der Waals surface area contributed by atoms with Crippen molar-refractivity contribution in [1.29, 1.82) is 0 Å². The lowest BCUT2D eigenvalue weighted by molar-refractivity contribution is 0.268. The number of fused-ring (bicyclic) bond motifs is 1. The zero-order chi connectivity index (χ0) is 11.1. The largest absolute Gasteiger partial charge is 0.507 e. The van der Waals surface area contributed by atoms with Crippen molar-refractivity contribution in [3.05, 3.63) is 16.6 Å². The fourth-order valence-electron chi connectivity index (χ4n) is 2.05. The van der Waals surface area contributed by atoms with Crippen molar-refractivity contribution in [2.75, 3.05) is 0 Å². The SMILES string of the molecule is Oc1ccc2c(nnn2CC2CCC2)c1Br. The Kier molecular flexibility index (Phi) is 2.35. The minimum atomic E-state index is 0.211. The van der Waals surface area contributed by atoms with Crippen molar-refractivity contribution in [2.45, 2.75) is 25.8 Å². The van der Waals surface area contributed by atoms with Crippen LogP contribution in [-0.4, -0.2) is 20.1 Å². The molecule has 3 rings (SSSR count).